The van der Waals surface area contributed by atoms with E-state index in [1.807, 2.05) is 48.2 Å². The molecular formula is C26H33N5O5. The molecule has 2 saturated heterocycles. The number of carbonyl (C=O) groups excluding carboxylic acids is 3. The van der Waals surface area contributed by atoms with Crippen LogP contribution in [-0.2, 0) is 21.7 Å². The molecule has 0 aliphatic carbocycles. The average Bonchev–Trinajstić information content (AvgIpc) is 3.15. The van der Waals surface area contributed by atoms with Crippen molar-refractivity contribution in [1.82, 2.24) is 25.6 Å². The van der Waals surface area contributed by atoms with Crippen molar-refractivity contribution in [2.24, 2.45) is 0 Å². The molecule has 2 aromatic rings. The molecule has 2 N–H and O–H groups in total. The summed E-state index contributed by atoms with van der Waals surface area (Å²) >= 11 is 0. The van der Waals surface area contributed by atoms with Crippen molar-refractivity contribution >= 4 is 17.8 Å². The Bertz CT molecular complexity index is 1100. The topological polar surface area (TPSA) is 103 Å². The lowest BCUT2D eigenvalue weighted by atomic mass is 9.87. The first-order valence-electron chi connectivity index (χ1n) is 12.1. The van der Waals surface area contributed by atoms with Crippen molar-refractivity contribution in [2.75, 3.05) is 46.9 Å². The molecule has 36 heavy (non-hydrogen) atoms. The van der Waals surface area contributed by atoms with Crippen LogP contribution in [0, 0.1) is 0 Å². The first-order chi connectivity index (χ1) is 17.4. The molecular weight excluding hydrogens is 462 g/mol. The number of amides is 4. The number of hydrogen-bond acceptors (Lipinski definition) is 7. The highest BCUT2D eigenvalue weighted by Crippen LogP contribution is 2.31. The van der Waals surface area contributed by atoms with Crippen LogP contribution in [0.1, 0.15) is 24.5 Å². The van der Waals surface area contributed by atoms with Gasteiger partial charge in [0, 0.05) is 32.7 Å². The molecule has 0 spiro atoms. The predicted molar refractivity (Wildman–Crippen MR) is 133 cm³/mol. The smallest absolute Gasteiger partial charge is 0.344 e. The number of carbonyl (C=O) groups is 3. The second-order valence-corrected chi connectivity index (χ2v) is 8.97. The Balaban J connectivity index is 1.29. The van der Waals surface area contributed by atoms with E-state index in [9.17, 15) is 14.4 Å². The lowest BCUT2D eigenvalue weighted by Crippen LogP contribution is -2.53. The highest BCUT2D eigenvalue weighted by atomic mass is 16.5. The van der Waals surface area contributed by atoms with Gasteiger partial charge in [0.25, 0.3) is 11.8 Å². The summed E-state index contributed by atoms with van der Waals surface area (Å²) in [6, 6.07) is 14.3. The maximum atomic E-state index is 13.2. The van der Waals surface area contributed by atoms with Gasteiger partial charge in [0.05, 0.1) is 20.8 Å². The number of ether oxygens (including phenoxy) is 2. The largest absolute Gasteiger partial charge is 0.493 e. The Morgan fingerprint density at radius 3 is 2.28 bits per heavy atom. The Morgan fingerprint density at radius 1 is 0.972 bits per heavy atom. The molecule has 0 bridgehead atoms. The van der Waals surface area contributed by atoms with Gasteiger partial charge in [-0.15, -0.1) is 0 Å². The fourth-order valence-electron chi connectivity index (χ4n) is 4.74. The summed E-state index contributed by atoms with van der Waals surface area (Å²) in [5.74, 6) is 0.522. The highest BCUT2D eigenvalue weighted by Gasteiger charge is 2.52. The molecule has 10 heteroatoms. The zero-order valence-corrected chi connectivity index (χ0v) is 21.0. The van der Waals surface area contributed by atoms with Gasteiger partial charge in [-0.3, -0.25) is 24.8 Å². The first-order valence-corrected chi connectivity index (χ1v) is 12.1. The number of hydrazine groups is 1. The zero-order chi connectivity index (χ0) is 25.7. The quantitative estimate of drug-likeness (QED) is 0.511. The molecule has 4 amide bonds. The summed E-state index contributed by atoms with van der Waals surface area (Å²) in [7, 11) is 3.23. The molecule has 0 radical (unpaired) electrons. The molecule has 10 nitrogen and oxygen atoms in total. The van der Waals surface area contributed by atoms with E-state index in [2.05, 4.69) is 15.6 Å². The first kappa shape index (κ1) is 25.5. The predicted octanol–water partition coefficient (Wildman–Crippen LogP) is 1.71. The molecule has 0 saturated carbocycles. The molecule has 192 valence electrons. The number of piperazine rings is 1. The molecule has 1 atom stereocenters. The van der Waals surface area contributed by atoms with E-state index in [0.717, 1.165) is 30.2 Å². The number of nitrogens with one attached hydrogen (secondary N) is 2. The van der Waals surface area contributed by atoms with Crippen molar-refractivity contribution < 1.29 is 23.9 Å². The Morgan fingerprint density at radius 2 is 1.64 bits per heavy atom. The van der Waals surface area contributed by atoms with E-state index in [1.54, 1.807) is 26.4 Å². The van der Waals surface area contributed by atoms with Crippen molar-refractivity contribution in [1.29, 1.82) is 0 Å². The van der Waals surface area contributed by atoms with Crippen LogP contribution in [0.4, 0.5) is 4.79 Å². The summed E-state index contributed by atoms with van der Waals surface area (Å²) in [4.78, 5) is 42.9. The molecule has 4 rings (SSSR count). The van der Waals surface area contributed by atoms with Crippen LogP contribution in [0.2, 0.25) is 0 Å². The van der Waals surface area contributed by atoms with E-state index in [4.69, 9.17) is 9.47 Å². The number of urea groups is 1. The van der Waals surface area contributed by atoms with Crippen LogP contribution < -0.4 is 20.2 Å². The van der Waals surface area contributed by atoms with Crippen LogP contribution >= 0.6 is 0 Å². The molecule has 0 aromatic heterocycles. The van der Waals surface area contributed by atoms with Gasteiger partial charge < -0.3 is 14.8 Å². The number of hydrogen-bond donors (Lipinski definition) is 2. The van der Waals surface area contributed by atoms with E-state index in [0.29, 0.717) is 36.6 Å². The fourth-order valence-corrected chi connectivity index (χ4v) is 4.74. The molecule has 2 aromatic carbocycles. The minimum Gasteiger partial charge on any atom is -0.493 e. The summed E-state index contributed by atoms with van der Waals surface area (Å²) in [6.45, 7) is 5.67. The minimum atomic E-state index is -1.18. The summed E-state index contributed by atoms with van der Waals surface area (Å²) < 4.78 is 10.7. The monoisotopic (exact) mass is 495 g/mol. The van der Waals surface area contributed by atoms with Crippen LogP contribution in [0.5, 0.6) is 11.5 Å². The third-order valence-corrected chi connectivity index (χ3v) is 6.81. The van der Waals surface area contributed by atoms with Crippen molar-refractivity contribution in [3.05, 3.63) is 59.7 Å². The maximum Gasteiger partial charge on any atom is 0.344 e. The fraction of sp³-hybridized carbons (Fsp3) is 0.423. The molecule has 1 unspecified atom stereocenters. The third kappa shape index (κ3) is 5.14. The molecule has 2 aliphatic heterocycles. The lowest BCUT2D eigenvalue weighted by molar-refractivity contribution is -0.140. The maximum absolute atomic E-state index is 13.2. The standard InChI is InChI=1S/C26H33N5O5/c1-4-26(20-8-6-5-7-9-20)24(33)31(25(34)27-26)28-23(32)18-30-14-12-29(13-15-30)17-19-10-11-21(35-2)22(16-19)36-3/h5-11,16H,4,12-15,17-18H2,1-3H3,(H,27,34)(H,28,32). The van der Waals surface area contributed by atoms with E-state index < -0.39 is 23.4 Å². The van der Waals surface area contributed by atoms with Crippen molar-refractivity contribution in [2.45, 2.75) is 25.4 Å². The summed E-state index contributed by atoms with van der Waals surface area (Å²) in [5, 5.41) is 3.58. The van der Waals surface area contributed by atoms with Crippen LogP contribution in [0.3, 0.4) is 0 Å². The Labute approximate surface area is 211 Å². The second kappa shape index (κ2) is 11.0. The zero-order valence-electron chi connectivity index (χ0n) is 21.0. The van der Waals surface area contributed by atoms with Gasteiger partial charge in [0.15, 0.2) is 11.5 Å². The summed E-state index contributed by atoms with van der Waals surface area (Å²) in [6.07, 6.45) is 0.371. The van der Waals surface area contributed by atoms with Crippen LogP contribution in [0.15, 0.2) is 48.5 Å². The number of benzene rings is 2. The number of methoxy groups -OCH3 is 2. The molecule has 2 heterocycles. The van der Waals surface area contributed by atoms with E-state index in [-0.39, 0.29) is 6.54 Å². The highest BCUT2D eigenvalue weighted by molar-refractivity contribution is 6.08. The van der Waals surface area contributed by atoms with Gasteiger partial charge >= 0.3 is 6.03 Å². The van der Waals surface area contributed by atoms with Gasteiger partial charge in [-0.2, -0.15) is 5.01 Å². The number of nitrogens with zero attached hydrogens (tertiary/aromatic N) is 3. The third-order valence-electron chi connectivity index (χ3n) is 6.81. The van der Waals surface area contributed by atoms with Crippen molar-refractivity contribution in [3.63, 3.8) is 0 Å². The van der Waals surface area contributed by atoms with Gasteiger partial charge in [-0.25, -0.2) is 4.79 Å². The van der Waals surface area contributed by atoms with Gasteiger partial charge in [-0.1, -0.05) is 43.3 Å². The van der Waals surface area contributed by atoms with E-state index >= 15 is 0 Å². The number of imide groups is 1. The Hall–Kier alpha value is -3.63. The van der Waals surface area contributed by atoms with Gasteiger partial charge in [0.2, 0.25) is 0 Å². The summed E-state index contributed by atoms with van der Waals surface area (Å²) in [5.41, 5.74) is 3.14. The number of rotatable bonds is 9. The second-order valence-electron chi connectivity index (χ2n) is 8.97. The SMILES string of the molecule is CCC1(c2ccccc2)NC(=O)N(NC(=O)CN2CCN(Cc3ccc(OC)c(OC)c3)CC2)C1=O. The van der Waals surface area contributed by atoms with Crippen LogP contribution in [-0.4, -0.2) is 79.6 Å². The van der Waals surface area contributed by atoms with Gasteiger partial charge in [-0.05, 0) is 29.7 Å². The van der Waals surface area contributed by atoms with Crippen molar-refractivity contribution in [3.8, 4) is 11.5 Å². The average molecular weight is 496 g/mol. The Kier molecular flexibility index (Phi) is 7.76. The normalized spacial score (nSPS) is 20.8. The van der Waals surface area contributed by atoms with Crippen LogP contribution in [0.25, 0.3) is 0 Å². The lowest BCUT2D eigenvalue weighted by Gasteiger charge is -2.34. The molecule has 2 aliphatic rings. The minimum absolute atomic E-state index is 0.103. The molecule has 2 fully saturated rings. The van der Waals surface area contributed by atoms with Gasteiger partial charge in [0.1, 0.15) is 5.54 Å². The van der Waals surface area contributed by atoms with E-state index in [1.165, 1.54) is 0 Å².